The number of carbonyl (C=O) groups is 4. The van der Waals surface area contributed by atoms with Crippen molar-refractivity contribution in [2.45, 2.75) is 59.0 Å². The predicted molar refractivity (Wildman–Crippen MR) is 117 cm³/mol. The highest BCUT2D eigenvalue weighted by Crippen LogP contribution is 2.20. The first-order valence-electron chi connectivity index (χ1n) is 11.3. The van der Waals surface area contributed by atoms with E-state index in [1.807, 2.05) is 6.92 Å². The lowest BCUT2D eigenvalue weighted by atomic mass is 9.97. The topological polar surface area (TPSA) is 99.2 Å². The summed E-state index contributed by atoms with van der Waals surface area (Å²) in [4.78, 5) is 50.4. The number of hydrogen-bond donors (Lipinski definition) is 0. The quantitative estimate of drug-likeness (QED) is 0.379. The third-order valence-corrected chi connectivity index (χ3v) is 5.29. The van der Waals surface area contributed by atoms with Gasteiger partial charge in [0.05, 0.1) is 25.6 Å². The van der Waals surface area contributed by atoms with Crippen molar-refractivity contribution in [3.05, 3.63) is 29.8 Å². The summed E-state index contributed by atoms with van der Waals surface area (Å²) in [5.74, 6) is -0.800. The van der Waals surface area contributed by atoms with Crippen molar-refractivity contribution in [2.24, 2.45) is 5.92 Å². The largest absolute Gasteiger partial charge is 0.494 e. The van der Waals surface area contributed by atoms with E-state index in [1.165, 1.54) is 6.92 Å². The number of rotatable bonds is 11. The number of esters is 2. The van der Waals surface area contributed by atoms with E-state index in [0.717, 1.165) is 6.42 Å². The number of Topliss-reactive ketones (excluding diaryl/α,β-unsaturated/α-hetero) is 1. The zero-order valence-corrected chi connectivity index (χ0v) is 19.1. The van der Waals surface area contributed by atoms with Crippen LogP contribution in [0.3, 0.4) is 0 Å². The minimum Gasteiger partial charge on any atom is -0.494 e. The van der Waals surface area contributed by atoms with Crippen molar-refractivity contribution in [3.63, 3.8) is 0 Å². The van der Waals surface area contributed by atoms with E-state index < -0.39 is 12.1 Å². The van der Waals surface area contributed by atoms with Crippen LogP contribution in [0.15, 0.2) is 24.3 Å². The first-order valence-corrected chi connectivity index (χ1v) is 11.3. The molecule has 1 heterocycles. The Morgan fingerprint density at radius 3 is 2.28 bits per heavy atom. The van der Waals surface area contributed by atoms with E-state index in [-0.39, 0.29) is 36.4 Å². The molecule has 1 aliphatic heterocycles. The Hall–Kier alpha value is -2.90. The molecule has 1 aromatic carbocycles. The molecule has 0 N–H and O–H groups in total. The molecule has 0 aliphatic carbocycles. The molecule has 1 aromatic rings. The molecule has 1 atom stereocenters. The Labute approximate surface area is 189 Å². The van der Waals surface area contributed by atoms with E-state index in [2.05, 4.69) is 0 Å². The first-order chi connectivity index (χ1) is 15.3. The van der Waals surface area contributed by atoms with Crippen LogP contribution in [0, 0.1) is 5.92 Å². The van der Waals surface area contributed by atoms with Gasteiger partial charge in [-0.05, 0) is 57.4 Å². The summed E-state index contributed by atoms with van der Waals surface area (Å²) in [7, 11) is 0. The van der Waals surface area contributed by atoms with Crippen molar-refractivity contribution >= 4 is 23.6 Å². The lowest BCUT2D eigenvalue weighted by molar-refractivity contribution is -0.160. The molecular formula is C24H33NO7. The van der Waals surface area contributed by atoms with Crippen molar-refractivity contribution in [1.82, 2.24) is 4.90 Å². The average Bonchev–Trinajstić information content (AvgIpc) is 2.81. The molecular weight excluding hydrogens is 414 g/mol. The molecule has 2 rings (SSSR count). The van der Waals surface area contributed by atoms with Gasteiger partial charge in [0.25, 0.3) is 5.91 Å². The molecule has 0 spiro atoms. The lowest BCUT2D eigenvalue weighted by Gasteiger charge is -2.32. The second kappa shape index (κ2) is 12.8. The fourth-order valence-corrected chi connectivity index (χ4v) is 3.48. The van der Waals surface area contributed by atoms with Gasteiger partial charge in [0, 0.05) is 25.1 Å². The standard InChI is InChI=1S/C24H33NO7/c1-4-16-31-20-8-6-18(7-9-20)21(26)10-11-22(27)32-17(3)23(28)25-14-12-19(13-15-25)24(29)30-5-2/h6-9,17,19H,4-5,10-16H2,1-3H3. The Balaban J connectivity index is 1.73. The van der Waals surface area contributed by atoms with Crippen LogP contribution in [0.2, 0.25) is 0 Å². The molecule has 1 fully saturated rings. The minimum atomic E-state index is -0.938. The maximum absolute atomic E-state index is 12.6. The predicted octanol–water partition coefficient (Wildman–Crippen LogP) is 3.17. The average molecular weight is 448 g/mol. The summed E-state index contributed by atoms with van der Waals surface area (Å²) < 4.78 is 15.8. The Morgan fingerprint density at radius 2 is 1.69 bits per heavy atom. The third kappa shape index (κ3) is 7.66. The van der Waals surface area contributed by atoms with Crippen LogP contribution >= 0.6 is 0 Å². The fourth-order valence-electron chi connectivity index (χ4n) is 3.48. The maximum atomic E-state index is 12.6. The van der Waals surface area contributed by atoms with Crippen molar-refractivity contribution in [2.75, 3.05) is 26.3 Å². The number of likely N-dealkylation sites (tertiary alicyclic amines) is 1. The summed E-state index contributed by atoms with van der Waals surface area (Å²) in [5, 5.41) is 0. The maximum Gasteiger partial charge on any atom is 0.309 e. The molecule has 1 amide bonds. The highest BCUT2D eigenvalue weighted by atomic mass is 16.5. The molecule has 8 nitrogen and oxygen atoms in total. The molecule has 0 saturated carbocycles. The summed E-state index contributed by atoms with van der Waals surface area (Å²) in [6.07, 6.45) is 0.918. The number of ether oxygens (including phenoxy) is 3. The lowest BCUT2D eigenvalue weighted by Crippen LogP contribution is -2.45. The van der Waals surface area contributed by atoms with Crippen molar-refractivity contribution < 1.29 is 33.4 Å². The van der Waals surface area contributed by atoms with Gasteiger partial charge >= 0.3 is 11.9 Å². The Kier molecular flexibility index (Phi) is 10.2. The van der Waals surface area contributed by atoms with Gasteiger partial charge in [-0.1, -0.05) is 6.92 Å². The van der Waals surface area contributed by atoms with Gasteiger partial charge < -0.3 is 19.1 Å². The minimum absolute atomic E-state index is 0.000157. The van der Waals surface area contributed by atoms with Gasteiger partial charge in [0.15, 0.2) is 11.9 Å². The molecule has 32 heavy (non-hydrogen) atoms. The van der Waals surface area contributed by atoms with E-state index in [9.17, 15) is 19.2 Å². The number of benzene rings is 1. The van der Waals surface area contributed by atoms with Gasteiger partial charge in [-0.2, -0.15) is 0 Å². The molecule has 1 aliphatic rings. The van der Waals surface area contributed by atoms with E-state index in [4.69, 9.17) is 14.2 Å². The van der Waals surface area contributed by atoms with Crippen LogP contribution < -0.4 is 4.74 Å². The molecule has 176 valence electrons. The number of ketones is 1. The van der Waals surface area contributed by atoms with E-state index in [1.54, 1.807) is 36.1 Å². The number of nitrogens with zero attached hydrogens (tertiary/aromatic N) is 1. The van der Waals surface area contributed by atoms with E-state index >= 15 is 0 Å². The van der Waals surface area contributed by atoms with Crippen molar-refractivity contribution in [3.8, 4) is 5.75 Å². The van der Waals surface area contributed by atoms with Crippen LogP contribution in [-0.2, 0) is 23.9 Å². The highest BCUT2D eigenvalue weighted by Gasteiger charge is 2.31. The SMILES string of the molecule is CCCOc1ccc(C(=O)CCC(=O)OC(C)C(=O)N2CCC(C(=O)OCC)CC2)cc1. The fraction of sp³-hybridized carbons (Fsp3) is 0.583. The summed E-state index contributed by atoms with van der Waals surface area (Å²) in [6, 6.07) is 6.80. The van der Waals surface area contributed by atoms with Crippen LogP contribution in [0.4, 0.5) is 0 Å². The summed E-state index contributed by atoms with van der Waals surface area (Å²) in [5.41, 5.74) is 0.496. The summed E-state index contributed by atoms with van der Waals surface area (Å²) in [6.45, 7) is 7.08. The molecule has 0 aromatic heterocycles. The molecule has 0 radical (unpaired) electrons. The third-order valence-electron chi connectivity index (χ3n) is 5.29. The zero-order valence-electron chi connectivity index (χ0n) is 19.1. The van der Waals surface area contributed by atoms with Gasteiger partial charge in [-0.3, -0.25) is 19.2 Å². The molecule has 0 bridgehead atoms. The van der Waals surface area contributed by atoms with Crippen molar-refractivity contribution in [1.29, 1.82) is 0 Å². The summed E-state index contributed by atoms with van der Waals surface area (Å²) >= 11 is 0. The van der Waals surface area contributed by atoms with Crippen LogP contribution in [0.25, 0.3) is 0 Å². The zero-order chi connectivity index (χ0) is 23.5. The first kappa shape index (κ1) is 25.4. The number of amides is 1. The normalized spacial score (nSPS) is 15.0. The molecule has 1 unspecified atom stereocenters. The highest BCUT2D eigenvalue weighted by molar-refractivity contribution is 5.97. The number of piperidine rings is 1. The number of hydrogen-bond acceptors (Lipinski definition) is 7. The molecule has 8 heteroatoms. The van der Waals surface area contributed by atoms with Crippen LogP contribution in [0.5, 0.6) is 5.75 Å². The smallest absolute Gasteiger partial charge is 0.309 e. The van der Waals surface area contributed by atoms with Gasteiger partial charge in [-0.15, -0.1) is 0 Å². The second-order valence-electron chi connectivity index (χ2n) is 7.78. The Morgan fingerprint density at radius 1 is 1.03 bits per heavy atom. The van der Waals surface area contributed by atoms with Gasteiger partial charge in [0.2, 0.25) is 0 Å². The van der Waals surface area contributed by atoms with Gasteiger partial charge in [-0.25, -0.2) is 0 Å². The second-order valence-corrected chi connectivity index (χ2v) is 7.78. The Bertz CT molecular complexity index is 782. The number of carbonyl (C=O) groups excluding carboxylic acids is 4. The molecule has 1 saturated heterocycles. The van der Waals surface area contributed by atoms with Crippen LogP contribution in [-0.4, -0.2) is 60.9 Å². The van der Waals surface area contributed by atoms with Gasteiger partial charge in [0.1, 0.15) is 5.75 Å². The van der Waals surface area contributed by atoms with Crippen LogP contribution in [0.1, 0.15) is 63.2 Å². The van der Waals surface area contributed by atoms with E-state index in [0.29, 0.717) is 50.5 Å². The monoisotopic (exact) mass is 447 g/mol.